The number of hydrogen-bond acceptors (Lipinski definition) is 5. The summed E-state index contributed by atoms with van der Waals surface area (Å²) >= 11 is 0. The van der Waals surface area contributed by atoms with Crippen LogP contribution in [0.25, 0.3) is 0 Å². The van der Waals surface area contributed by atoms with E-state index >= 15 is 0 Å². The summed E-state index contributed by atoms with van der Waals surface area (Å²) in [5.41, 5.74) is 0.320. The Kier molecular flexibility index (Phi) is 7.52. The maximum atomic E-state index is 13.0. The Morgan fingerprint density at radius 1 is 1.03 bits per heavy atom. The van der Waals surface area contributed by atoms with E-state index in [0.717, 1.165) is 5.56 Å². The van der Waals surface area contributed by atoms with Crippen LogP contribution in [0.1, 0.15) is 43.6 Å². The van der Waals surface area contributed by atoms with Crippen LogP contribution in [-0.4, -0.2) is 29.6 Å². The van der Waals surface area contributed by atoms with Crippen LogP contribution in [0.2, 0.25) is 0 Å². The van der Waals surface area contributed by atoms with Crippen molar-refractivity contribution in [3.63, 3.8) is 0 Å². The lowest BCUT2D eigenvalue weighted by Crippen LogP contribution is -2.50. The molecule has 2 aromatic carbocycles. The number of ether oxygens (including phenoxy) is 2. The average molecular weight is 416 g/mol. The standard InChI is InChI=1S/C22H25FN2O5/c1-14(19(26)24-21(28)25-22(2,3)4)30-20(27)17-7-5-6-8-18(17)29-13-15-9-11-16(23)12-10-15/h5-12,14H,13H2,1-4H3,(H2,24,25,26,28). The molecule has 0 spiro atoms. The predicted molar refractivity (Wildman–Crippen MR) is 108 cm³/mol. The second-order valence-electron chi connectivity index (χ2n) is 7.65. The second kappa shape index (κ2) is 9.87. The summed E-state index contributed by atoms with van der Waals surface area (Å²) < 4.78 is 23.8. The zero-order chi connectivity index (χ0) is 22.3. The highest BCUT2D eigenvalue weighted by atomic mass is 19.1. The molecule has 0 fully saturated rings. The van der Waals surface area contributed by atoms with E-state index in [1.165, 1.54) is 25.1 Å². The third-order valence-corrected chi connectivity index (χ3v) is 3.79. The van der Waals surface area contributed by atoms with Gasteiger partial charge in [-0.1, -0.05) is 24.3 Å². The van der Waals surface area contributed by atoms with Crippen molar-refractivity contribution < 1.29 is 28.2 Å². The topological polar surface area (TPSA) is 93.7 Å². The van der Waals surface area contributed by atoms with Gasteiger partial charge in [0.1, 0.15) is 23.7 Å². The Morgan fingerprint density at radius 3 is 2.30 bits per heavy atom. The molecule has 0 aliphatic carbocycles. The molecule has 0 heterocycles. The molecule has 0 aliphatic rings. The van der Waals surface area contributed by atoms with Crippen molar-refractivity contribution in [3.05, 3.63) is 65.5 Å². The normalized spacial score (nSPS) is 11.9. The SMILES string of the molecule is CC(OC(=O)c1ccccc1OCc1ccc(F)cc1)C(=O)NC(=O)NC(C)(C)C. The van der Waals surface area contributed by atoms with E-state index in [2.05, 4.69) is 10.6 Å². The van der Waals surface area contributed by atoms with Crippen LogP contribution in [0.4, 0.5) is 9.18 Å². The van der Waals surface area contributed by atoms with Gasteiger partial charge in [-0.3, -0.25) is 10.1 Å². The molecule has 1 unspecified atom stereocenters. The number of esters is 1. The summed E-state index contributed by atoms with van der Waals surface area (Å²) in [4.78, 5) is 36.4. The zero-order valence-corrected chi connectivity index (χ0v) is 17.3. The van der Waals surface area contributed by atoms with Crippen molar-refractivity contribution in [3.8, 4) is 5.75 Å². The van der Waals surface area contributed by atoms with Crippen molar-refractivity contribution in [2.45, 2.75) is 45.9 Å². The third kappa shape index (κ3) is 7.20. The van der Waals surface area contributed by atoms with Crippen molar-refractivity contribution in [2.75, 3.05) is 0 Å². The molecule has 1 atom stereocenters. The number of amides is 3. The number of para-hydroxylation sites is 1. The minimum absolute atomic E-state index is 0.119. The third-order valence-electron chi connectivity index (χ3n) is 3.79. The maximum Gasteiger partial charge on any atom is 0.342 e. The van der Waals surface area contributed by atoms with E-state index in [0.29, 0.717) is 0 Å². The highest BCUT2D eigenvalue weighted by molar-refractivity contribution is 5.99. The van der Waals surface area contributed by atoms with Gasteiger partial charge in [0.05, 0.1) is 0 Å². The quantitative estimate of drug-likeness (QED) is 0.702. The first-order valence-corrected chi connectivity index (χ1v) is 9.35. The highest BCUT2D eigenvalue weighted by Crippen LogP contribution is 2.21. The summed E-state index contributed by atoms with van der Waals surface area (Å²) in [5, 5.41) is 4.71. The molecule has 3 amide bonds. The molecule has 0 aromatic heterocycles. The molecule has 2 N–H and O–H groups in total. The number of nitrogens with one attached hydrogen (secondary N) is 2. The summed E-state index contributed by atoms with van der Waals surface area (Å²) in [6, 6.07) is 11.5. The zero-order valence-electron chi connectivity index (χ0n) is 17.3. The van der Waals surface area contributed by atoms with Gasteiger partial charge in [-0.25, -0.2) is 14.0 Å². The van der Waals surface area contributed by atoms with Crippen LogP contribution in [0, 0.1) is 5.82 Å². The number of halogens is 1. The van der Waals surface area contributed by atoms with Crippen molar-refractivity contribution in [2.24, 2.45) is 0 Å². The van der Waals surface area contributed by atoms with Crippen LogP contribution in [0.5, 0.6) is 5.75 Å². The second-order valence-corrected chi connectivity index (χ2v) is 7.65. The summed E-state index contributed by atoms with van der Waals surface area (Å²) in [7, 11) is 0. The number of imide groups is 1. The van der Waals surface area contributed by atoms with E-state index in [4.69, 9.17) is 9.47 Å². The van der Waals surface area contributed by atoms with Crippen molar-refractivity contribution in [1.82, 2.24) is 10.6 Å². The molecule has 7 nitrogen and oxygen atoms in total. The van der Waals surface area contributed by atoms with E-state index in [1.807, 2.05) is 0 Å². The van der Waals surface area contributed by atoms with Gasteiger partial charge in [0, 0.05) is 5.54 Å². The fourth-order valence-corrected chi connectivity index (χ4v) is 2.37. The first-order valence-electron chi connectivity index (χ1n) is 9.35. The monoisotopic (exact) mass is 416 g/mol. The van der Waals surface area contributed by atoms with Crippen LogP contribution in [0.15, 0.2) is 48.5 Å². The number of urea groups is 1. The smallest absolute Gasteiger partial charge is 0.342 e. The van der Waals surface area contributed by atoms with Crippen LogP contribution in [0.3, 0.4) is 0 Å². The lowest BCUT2D eigenvalue weighted by Gasteiger charge is -2.21. The van der Waals surface area contributed by atoms with Gasteiger partial charge in [0.25, 0.3) is 5.91 Å². The van der Waals surface area contributed by atoms with E-state index in [-0.39, 0.29) is 23.7 Å². The lowest BCUT2D eigenvalue weighted by molar-refractivity contribution is -0.127. The van der Waals surface area contributed by atoms with E-state index in [9.17, 15) is 18.8 Å². The largest absolute Gasteiger partial charge is 0.488 e. The number of hydrogen-bond donors (Lipinski definition) is 2. The first-order chi connectivity index (χ1) is 14.0. The van der Waals surface area contributed by atoms with E-state index in [1.54, 1.807) is 51.1 Å². The van der Waals surface area contributed by atoms with Crippen molar-refractivity contribution in [1.29, 1.82) is 0 Å². The van der Waals surface area contributed by atoms with Crippen LogP contribution in [-0.2, 0) is 16.1 Å². The Labute approximate surface area is 174 Å². The van der Waals surface area contributed by atoms with Gasteiger partial charge < -0.3 is 14.8 Å². The molecule has 0 aliphatic heterocycles. The highest BCUT2D eigenvalue weighted by Gasteiger charge is 2.24. The van der Waals surface area contributed by atoms with Crippen LogP contribution < -0.4 is 15.4 Å². The molecular weight excluding hydrogens is 391 g/mol. The number of carbonyl (C=O) groups is 3. The van der Waals surface area contributed by atoms with Gasteiger partial charge in [-0.2, -0.15) is 0 Å². The van der Waals surface area contributed by atoms with Crippen molar-refractivity contribution >= 4 is 17.9 Å². The summed E-state index contributed by atoms with van der Waals surface area (Å²) in [6.45, 7) is 6.78. The molecule has 0 saturated carbocycles. The molecule has 30 heavy (non-hydrogen) atoms. The first kappa shape index (κ1) is 22.9. The minimum Gasteiger partial charge on any atom is -0.488 e. The van der Waals surface area contributed by atoms with Gasteiger partial charge >= 0.3 is 12.0 Å². The van der Waals surface area contributed by atoms with Crippen LogP contribution >= 0.6 is 0 Å². The van der Waals surface area contributed by atoms with Gasteiger partial charge in [-0.15, -0.1) is 0 Å². The number of rotatable bonds is 6. The maximum absolute atomic E-state index is 13.0. The Balaban J connectivity index is 1.98. The van der Waals surface area contributed by atoms with Gasteiger partial charge in [0.15, 0.2) is 6.10 Å². The Bertz CT molecular complexity index is 906. The average Bonchev–Trinajstić information content (AvgIpc) is 2.66. The summed E-state index contributed by atoms with van der Waals surface area (Å²) in [5.74, 6) is -1.63. The molecular formula is C22H25FN2O5. The fraction of sp³-hybridized carbons (Fsp3) is 0.318. The molecule has 8 heteroatoms. The Hall–Kier alpha value is -3.42. The Morgan fingerprint density at radius 2 is 1.67 bits per heavy atom. The predicted octanol–water partition coefficient (Wildman–Crippen LogP) is 3.57. The molecule has 2 rings (SSSR count). The molecule has 0 radical (unpaired) electrons. The number of benzene rings is 2. The molecule has 0 bridgehead atoms. The van der Waals surface area contributed by atoms with Gasteiger partial charge in [-0.05, 0) is 57.5 Å². The van der Waals surface area contributed by atoms with Gasteiger partial charge in [0.2, 0.25) is 0 Å². The number of carbonyl (C=O) groups excluding carboxylic acids is 3. The minimum atomic E-state index is -1.20. The lowest BCUT2D eigenvalue weighted by atomic mass is 10.1. The summed E-state index contributed by atoms with van der Waals surface area (Å²) in [6.07, 6.45) is -1.20. The molecule has 160 valence electrons. The van der Waals surface area contributed by atoms with E-state index < -0.39 is 29.6 Å². The molecule has 2 aromatic rings. The molecule has 0 saturated heterocycles. The fourth-order valence-electron chi connectivity index (χ4n) is 2.37.